The minimum absolute atomic E-state index is 0.383. The van der Waals surface area contributed by atoms with Gasteiger partial charge in [0.25, 0.3) is 0 Å². The summed E-state index contributed by atoms with van der Waals surface area (Å²) >= 11 is 0. The van der Waals surface area contributed by atoms with E-state index >= 15 is 0 Å². The van der Waals surface area contributed by atoms with Crippen LogP contribution in [0.3, 0.4) is 0 Å². The summed E-state index contributed by atoms with van der Waals surface area (Å²) in [6, 6.07) is 0.632. The molecule has 0 heterocycles. The van der Waals surface area contributed by atoms with E-state index in [-0.39, 0.29) is 5.60 Å². The molecule has 0 aliphatic heterocycles. The second-order valence-corrected chi connectivity index (χ2v) is 5.89. The van der Waals surface area contributed by atoms with Crippen LogP contribution < -0.4 is 5.32 Å². The highest BCUT2D eigenvalue weighted by molar-refractivity contribution is 4.96. The van der Waals surface area contributed by atoms with Gasteiger partial charge in [0.05, 0.1) is 5.60 Å². The van der Waals surface area contributed by atoms with Crippen LogP contribution in [0.2, 0.25) is 0 Å². The zero-order valence-electron chi connectivity index (χ0n) is 9.47. The summed E-state index contributed by atoms with van der Waals surface area (Å²) in [6.45, 7) is 5.43. The molecule has 0 saturated heterocycles. The minimum atomic E-state index is -0.383. The Morgan fingerprint density at radius 1 is 1.21 bits per heavy atom. The summed E-state index contributed by atoms with van der Waals surface area (Å²) in [4.78, 5) is 0. The summed E-state index contributed by atoms with van der Waals surface area (Å²) in [7, 11) is 0. The van der Waals surface area contributed by atoms with Gasteiger partial charge in [-0.15, -0.1) is 0 Å². The Kier molecular flexibility index (Phi) is 2.61. The van der Waals surface area contributed by atoms with Gasteiger partial charge in [0, 0.05) is 12.6 Å². The minimum Gasteiger partial charge on any atom is -0.389 e. The van der Waals surface area contributed by atoms with Crippen LogP contribution in [0.25, 0.3) is 0 Å². The first-order chi connectivity index (χ1) is 6.52. The average Bonchev–Trinajstić information content (AvgIpc) is 2.51. The van der Waals surface area contributed by atoms with E-state index in [9.17, 15) is 5.11 Å². The molecule has 2 aliphatic rings. The van der Waals surface area contributed by atoms with Crippen LogP contribution in [0.1, 0.15) is 52.4 Å². The number of rotatable bonds is 3. The lowest BCUT2D eigenvalue weighted by molar-refractivity contribution is 0.0241. The van der Waals surface area contributed by atoms with E-state index < -0.39 is 0 Å². The average molecular weight is 197 g/mol. The molecule has 0 spiro atoms. The zero-order chi connectivity index (χ0) is 10.2. The SMILES string of the molecule is CC1(C)CCC1NCC1(O)CCCC1. The van der Waals surface area contributed by atoms with Gasteiger partial charge < -0.3 is 10.4 Å². The molecule has 2 fully saturated rings. The summed E-state index contributed by atoms with van der Waals surface area (Å²) < 4.78 is 0. The molecule has 0 amide bonds. The highest BCUT2D eigenvalue weighted by atomic mass is 16.3. The Hall–Kier alpha value is -0.0800. The van der Waals surface area contributed by atoms with Crippen LogP contribution in [0.4, 0.5) is 0 Å². The third-order valence-electron chi connectivity index (χ3n) is 4.23. The lowest BCUT2D eigenvalue weighted by Crippen LogP contribution is -2.54. The van der Waals surface area contributed by atoms with Gasteiger partial charge in [0.2, 0.25) is 0 Å². The Morgan fingerprint density at radius 3 is 2.29 bits per heavy atom. The third-order valence-corrected chi connectivity index (χ3v) is 4.23. The summed E-state index contributed by atoms with van der Waals surface area (Å²) in [5.41, 5.74) is 0.0701. The lowest BCUT2D eigenvalue weighted by atomic mass is 9.67. The van der Waals surface area contributed by atoms with Crippen LogP contribution >= 0.6 is 0 Å². The molecule has 2 saturated carbocycles. The maximum atomic E-state index is 10.2. The Morgan fingerprint density at radius 2 is 1.86 bits per heavy atom. The first-order valence-corrected chi connectivity index (χ1v) is 5.98. The molecule has 2 aliphatic carbocycles. The fourth-order valence-corrected chi connectivity index (χ4v) is 2.77. The van der Waals surface area contributed by atoms with Crippen molar-refractivity contribution >= 4 is 0 Å². The van der Waals surface area contributed by atoms with Gasteiger partial charge in [-0.05, 0) is 31.1 Å². The number of hydrogen-bond acceptors (Lipinski definition) is 2. The summed E-state index contributed by atoms with van der Waals surface area (Å²) in [6.07, 6.45) is 6.99. The first-order valence-electron chi connectivity index (χ1n) is 5.98. The van der Waals surface area contributed by atoms with Crippen molar-refractivity contribution in [3.05, 3.63) is 0 Å². The van der Waals surface area contributed by atoms with Crippen LogP contribution in [-0.4, -0.2) is 23.3 Å². The van der Waals surface area contributed by atoms with Crippen LogP contribution in [0.15, 0.2) is 0 Å². The standard InChI is InChI=1S/C12H23NO/c1-11(2)8-5-10(11)13-9-12(14)6-3-4-7-12/h10,13-14H,3-9H2,1-2H3. The molecule has 0 radical (unpaired) electrons. The normalized spacial score (nSPS) is 34.1. The summed E-state index contributed by atoms with van der Waals surface area (Å²) in [5, 5.41) is 13.7. The molecule has 14 heavy (non-hydrogen) atoms. The van der Waals surface area contributed by atoms with Crippen molar-refractivity contribution in [2.24, 2.45) is 5.41 Å². The van der Waals surface area contributed by atoms with Gasteiger partial charge in [0.1, 0.15) is 0 Å². The molecule has 2 N–H and O–H groups in total. The van der Waals surface area contributed by atoms with Gasteiger partial charge in [0.15, 0.2) is 0 Å². The van der Waals surface area contributed by atoms with E-state index in [4.69, 9.17) is 0 Å². The molecule has 1 unspecified atom stereocenters. The van der Waals surface area contributed by atoms with Crippen LogP contribution in [-0.2, 0) is 0 Å². The molecule has 1 atom stereocenters. The predicted molar refractivity (Wildman–Crippen MR) is 58.2 cm³/mol. The van der Waals surface area contributed by atoms with E-state index in [2.05, 4.69) is 19.2 Å². The van der Waals surface area contributed by atoms with Crippen molar-refractivity contribution < 1.29 is 5.11 Å². The smallest absolute Gasteiger partial charge is 0.0771 e. The molecule has 0 aromatic heterocycles. The Bertz CT molecular complexity index is 206. The van der Waals surface area contributed by atoms with Gasteiger partial charge in [-0.2, -0.15) is 0 Å². The van der Waals surface area contributed by atoms with Crippen LogP contribution in [0.5, 0.6) is 0 Å². The molecule has 82 valence electrons. The maximum absolute atomic E-state index is 10.2. The highest BCUT2D eigenvalue weighted by Gasteiger charge is 2.40. The third kappa shape index (κ3) is 1.96. The van der Waals surface area contributed by atoms with Crippen molar-refractivity contribution in [2.75, 3.05) is 6.54 Å². The van der Waals surface area contributed by atoms with Crippen LogP contribution in [0, 0.1) is 5.41 Å². The van der Waals surface area contributed by atoms with E-state index in [1.54, 1.807) is 0 Å². The second-order valence-electron chi connectivity index (χ2n) is 5.89. The van der Waals surface area contributed by atoms with Crippen molar-refractivity contribution in [3.8, 4) is 0 Å². The molecule has 0 bridgehead atoms. The second kappa shape index (κ2) is 3.49. The molecule has 0 aromatic rings. The van der Waals surface area contributed by atoms with Gasteiger partial charge in [-0.25, -0.2) is 0 Å². The first kappa shape index (κ1) is 10.4. The summed E-state index contributed by atoms with van der Waals surface area (Å²) in [5.74, 6) is 0. The molecule has 2 nitrogen and oxygen atoms in total. The molecular formula is C12H23NO. The van der Waals surface area contributed by atoms with E-state index in [0.717, 1.165) is 19.4 Å². The van der Waals surface area contributed by atoms with E-state index in [1.165, 1.54) is 25.7 Å². The fraction of sp³-hybridized carbons (Fsp3) is 1.00. The van der Waals surface area contributed by atoms with E-state index in [0.29, 0.717) is 11.5 Å². The Labute approximate surface area is 87.1 Å². The topological polar surface area (TPSA) is 32.3 Å². The lowest BCUT2D eigenvalue weighted by Gasteiger charge is -2.46. The van der Waals surface area contributed by atoms with E-state index in [1.807, 2.05) is 0 Å². The fourth-order valence-electron chi connectivity index (χ4n) is 2.77. The van der Waals surface area contributed by atoms with Gasteiger partial charge in [-0.3, -0.25) is 0 Å². The number of hydrogen-bond donors (Lipinski definition) is 2. The van der Waals surface area contributed by atoms with Crippen molar-refractivity contribution in [2.45, 2.75) is 64.0 Å². The Balaban J connectivity index is 1.77. The van der Waals surface area contributed by atoms with Gasteiger partial charge in [-0.1, -0.05) is 26.7 Å². The predicted octanol–water partition coefficient (Wildman–Crippen LogP) is 2.07. The van der Waals surface area contributed by atoms with Crippen molar-refractivity contribution in [3.63, 3.8) is 0 Å². The molecule has 2 heteroatoms. The van der Waals surface area contributed by atoms with Crippen molar-refractivity contribution in [1.29, 1.82) is 0 Å². The monoisotopic (exact) mass is 197 g/mol. The van der Waals surface area contributed by atoms with Crippen molar-refractivity contribution in [1.82, 2.24) is 5.32 Å². The molecule has 2 rings (SSSR count). The number of nitrogens with one attached hydrogen (secondary N) is 1. The highest BCUT2D eigenvalue weighted by Crippen LogP contribution is 2.40. The largest absolute Gasteiger partial charge is 0.389 e. The zero-order valence-corrected chi connectivity index (χ0v) is 9.47. The maximum Gasteiger partial charge on any atom is 0.0771 e. The quantitative estimate of drug-likeness (QED) is 0.726. The number of aliphatic hydroxyl groups is 1. The van der Waals surface area contributed by atoms with Gasteiger partial charge >= 0.3 is 0 Å². The molecule has 0 aromatic carbocycles. The molecular weight excluding hydrogens is 174 g/mol.